The zero-order chi connectivity index (χ0) is 26.4. The number of rotatable bonds is 8. The second-order valence-electron chi connectivity index (χ2n) is 9.88. The number of likely N-dealkylation sites (tertiary alicyclic amines) is 1. The van der Waals surface area contributed by atoms with Gasteiger partial charge >= 0.3 is 0 Å². The fraction of sp³-hybridized carbons (Fsp3) is 0.462. The summed E-state index contributed by atoms with van der Waals surface area (Å²) in [6, 6.07) is 3.04. The van der Waals surface area contributed by atoms with Crippen molar-refractivity contribution in [1.29, 1.82) is 0 Å². The largest absolute Gasteiger partial charge is 0.492 e. The van der Waals surface area contributed by atoms with Gasteiger partial charge in [0.25, 0.3) is 5.91 Å². The molecule has 12 heteroatoms. The van der Waals surface area contributed by atoms with Crippen molar-refractivity contribution in [1.82, 2.24) is 25.2 Å². The molecule has 4 heterocycles. The lowest BCUT2D eigenvalue weighted by Crippen LogP contribution is -2.43. The van der Waals surface area contributed by atoms with Gasteiger partial charge in [-0.2, -0.15) is 0 Å². The number of aliphatic hydroxyl groups is 1. The second-order valence-corrected chi connectivity index (χ2v) is 9.88. The van der Waals surface area contributed by atoms with E-state index in [1.54, 1.807) is 6.92 Å². The molecular formula is C26H29N5O7. The minimum absolute atomic E-state index is 0.0844. The van der Waals surface area contributed by atoms with Crippen LogP contribution < -0.4 is 19.5 Å². The van der Waals surface area contributed by atoms with E-state index in [1.807, 2.05) is 12.1 Å². The lowest BCUT2D eigenvalue weighted by molar-refractivity contribution is -0.134. The zero-order valence-electron chi connectivity index (χ0n) is 21.2. The molecule has 38 heavy (non-hydrogen) atoms. The Bertz CT molecular complexity index is 1400. The van der Waals surface area contributed by atoms with Gasteiger partial charge in [0.15, 0.2) is 11.5 Å². The number of nitrogens with zero attached hydrogens (tertiary/aromatic N) is 3. The van der Waals surface area contributed by atoms with E-state index >= 15 is 0 Å². The lowest BCUT2D eigenvalue weighted by Gasteiger charge is -2.16. The number of carbonyl (C=O) groups excluding carboxylic acids is 2. The van der Waals surface area contributed by atoms with Gasteiger partial charge in [0.2, 0.25) is 12.7 Å². The van der Waals surface area contributed by atoms with E-state index in [4.69, 9.17) is 18.9 Å². The van der Waals surface area contributed by atoms with Gasteiger partial charge in [-0.15, -0.1) is 0 Å². The minimum Gasteiger partial charge on any atom is -0.492 e. The summed E-state index contributed by atoms with van der Waals surface area (Å²) in [6.07, 6.45) is 2.81. The first kappa shape index (κ1) is 24.4. The number of nitrogens with one attached hydrogen (secondary N) is 2. The van der Waals surface area contributed by atoms with Crippen molar-refractivity contribution in [3.8, 4) is 28.5 Å². The summed E-state index contributed by atoms with van der Waals surface area (Å²) in [6.45, 7) is 2.70. The molecule has 2 aromatic heterocycles. The van der Waals surface area contributed by atoms with Gasteiger partial charge in [-0.05, 0) is 37.8 Å². The number of aliphatic hydroxyl groups excluding tert-OH is 1. The summed E-state index contributed by atoms with van der Waals surface area (Å²) in [5.74, 6) is 1.64. The number of benzene rings is 1. The van der Waals surface area contributed by atoms with Crippen molar-refractivity contribution in [2.75, 3.05) is 40.2 Å². The fourth-order valence-electron chi connectivity index (χ4n) is 4.97. The number of aryl methyl sites for hydroxylation is 1. The summed E-state index contributed by atoms with van der Waals surface area (Å²) in [7, 11) is 1.44. The molecule has 0 radical (unpaired) electrons. The quantitative estimate of drug-likeness (QED) is 0.398. The number of fused-ring (bicyclic) bond motifs is 2. The molecule has 3 N–H and O–H groups in total. The number of hydrogen-bond acceptors (Lipinski definition) is 9. The van der Waals surface area contributed by atoms with Crippen molar-refractivity contribution in [3.05, 3.63) is 29.7 Å². The standard InChI is InChI=1S/C26H29N5O7/c1-13-20(26(34)30-15-7-31(8-16(15)32)19(33)10-35-2)22-24(29-13)23(28-11-27-22)21-17(36-9-14-3-4-14)5-6-18-25(21)38-12-37-18/h5-6,11,14-16,29,32H,3-4,7-10,12H2,1-2H3,(H,30,34)/t15-,16+/m1/s1. The van der Waals surface area contributed by atoms with Crippen LogP contribution in [-0.4, -0.2) is 89.1 Å². The predicted octanol–water partition coefficient (Wildman–Crippen LogP) is 1.40. The second kappa shape index (κ2) is 9.76. The maximum atomic E-state index is 13.4. The Morgan fingerprint density at radius 3 is 2.87 bits per heavy atom. The Morgan fingerprint density at radius 1 is 1.24 bits per heavy atom. The molecule has 3 aromatic rings. The Hall–Kier alpha value is -3.90. The number of H-pyrrole nitrogens is 1. The van der Waals surface area contributed by atoms with Crippen LogP contribution in [0.25, 0.3) is 22.3 Å². The highest BCUT2D eigenvalue weighted by molar-refractivity contribution is 6.09. The summed E-state index contributed by atoms with van der Waals surface area (Å²) >= 11 is 0. The third kappa shape index (κ3) is 4.39. The van der Waals surface area contributed by atoms with Crippen LogP contribution in [0.1, 0.15) is 28.9 Å². The smallest absolute Gasteiger partial charge is 0.255 e. The van der Waals surface area contributed by atoms with Crippen molar-refractivity contribution in [2.45, 2.75) is 31.9 Å². The van der Waals surface area contributed by atoms with E-state index in [9.17, 15) is 14.7 Å². The first-order chi connectivity index (χ1) is 18.4. The van der Waals surface area contributed by atoms with Crippen LogP contribution in [0.2, 0.25) is 0 Å². The van der Waals surface area contributed by atoms with E-state index in [0.29, 0.717) is 63.3 Å². The van der Waals surface area contributed by atoms with Crippen molar-refractivity contribution in [2.24, 2.45) is 5.92 Å². The van der Waals surface area contributed by atoms with Gasteiger partial charge in [0, 0.05) is 25.9 Å². The molecule has 2 fully saturated rings. The van der Waals surface area contributed by atoms with Crippen LogP contribution in [-0.2, 0) is 9.53 Å². The number of aromatic nitrogens is 3. The average Bonchev–Trinajstić information content (AvgIpc) is 3.30. The highest BCUT2D eigenvalue weighted by Crippen LogP contribution is 2.48. The molecule has 1 saturated carbocycles. The summed E-state index contributed by atoms with van der Waals surface area (Å²) in [4.78, 5) is 39.3. The maximum absolute atomic E-state index is 13.4. The Kier molecular flexibility index (Phi) is 6.28. The molecule has 0 spiro atoms. The Balaban J connectivity index is 1.33. The number of aromatic amines is 1. The maximum Gasteiger partial charge on any atom is 0.255 e. The van der Waals surface area contributed by atoms with E-state index in [0.717, 1.165) is 12.8 Å². The molecule has 2 atom stereocenters. The zero-order valence-corrected chi connectivity index (χ0v) is 21.2. The van der Waals surface area contributed by atoms with Crippen LogP contribution in [0.5, 0.6) is 17.2 Å². The molecule has 1 saturated heterocycles. The van der Waals surface area contributed by atoms with Crippen LogP contribution in [0, 0.1) is 12.8 Å². The van der Waals surface area contributed by atoms with Gasteiger partial charge in [0.1, 0.15) is 29.9 Å². The summed E-state index contributed by atoms with van der Waals surface area (Å²) in [5, 5.41) is 13.4. The first-order valence-corrected chi connectivity index (χ1v) is 12.6. The van der Waals surface area contributed by atoms with E-state index < -0.39 is 18.1 Å². The SMILES string of the molecule is COCC(=O)N1C[C@H](O)[C@H](NC(=O)c2c(C)[nH]c3c(-c4c(OCC5CC5)ccc5c4OCO5)ncnc23)C1. The molecule has 0 bridgehead atoms. The molecule has 3 aliphatic rings. The number of methoxy groups -OCH3 is 1. The molecule has 200 valence electrons. The normalized spacial score (nSPS) is 20.2. The Labute approximate surface area is 218 Å². The first-order valence-electron chi connectivity index (χ1n) is 12.6. The van der Waals surface area contributed by atoms with E-state index in [2.05, 4.69) is 20.3 Å². The number of β-amino-alcohol motifs (C(OH)–C–C–N with tert-alkyl or cyclic N) is 1. The van der Waals surface area contributed by atoms with E-state index in [1.165, 1.54) is 18.3 Å². The van der Waals surface area contributed by atoms with Crippen molar-refractivity contribution < 1.29 is 33.6 Å². The summed E-state index contributed by atoms with van der Waals surface area (Å²) in [5.41, 5.74) is 3.07. The van der Waals surface area contributed by atoms with Gasteiger partial charge in [0.05, 0.1) is 35.4 Å². The van der Waals surface area contributed by atoms with Gasteiger partial charge < -0.3 is 39.3 Å². The van der Waals surface area contributed by atoms with Gasteiger partial charge in [-0.25, -0.2) is 9.97 Å². The molecular weight excluding hydrogens is 494 g/mol. The highest BCUT2D eigenvalue weighted by Gasteiger charge is 2.36. The minimum atomic E-state index is -0.898. The predicted molar refractivity (Wildman–Crippen MR) is 134 cm³/mol. The molecule has 0 unspecified atom stereocenters. The van der Waals surface area contributed by atoms with Gasteiger partial charge in [-0.1, -0.05) is 0 Å². The van der Waals surface area contributed by atoms with Crippen LogP contribution in [0.15, 0.2) is 18.5 Å². The molecule has 12 nitrogen and oxygen atoms in total. The van der Waals surface area contributed by atoms with Crippen molar-refractivity contribution >= 4 is 22.8 Å². The molecule has 2 amide bonds. The van der Waals surface area contributed by atoms with Crippen LogP contribution in [0.3, 0.4) is 0 Å². The van der Waals surface area contributed by atoms with E-state index in [-0.39, 0.29) is 32.4 Å². The van der Waals surface area contributed by atoms with Gasteiger partial charge in [-0.3, -0.25) is 9.59 Å². The number of amides is 2. The number of carbonyl (C=O) groups is 2. The van der Waals surface area contributed by atoms with Crippen LogP contribution in [0.4, 0.5) is 0 Å². The van der Waals surface area contributed by atoms with Crippen LogP contribution >= 0.6 is 0 Å². The third-order valence-corrected chi connectivity index (χ3v) is 7.13. The molecule has 2 aliphatic heterocycles. The van der Waals surface area contributed by atoms with Crippen molar-refractivity contribution in [3.63, 3.8) is 0 Å². The Morgan fingerprint density at radius 2 is 2.08 bits per heavy atom. The fourth-order valence-corrected chi connectivity index (χ4v) is 4.97. The molecule has 1 aliphatic carbocycles. The topological polar surface area (TPSA) is 148 Å². The highest BCUT2D eigenvalue weighted by atomic mass is 16.7. The number of hydrogen-bond donors (Lipinski definition) is 3. The number of ether oxygens (including phenoxy) is 4. The third-order valence-electron chi connectivity index (χ3n) is 7.13. The monoisotopic (exact) mass is 523 g/mol. The molecule has 1 aromatic carbocycles. The molecule has 6 rings (SSSR count). The average molecular weight is 524 g/mol. The summed E-state index contributed by atoms with van der Waals surface area (Å²) < 4.78 is 22.5. The lowest BCUT2D eigenvalue weighted by atomic mass is 10.1.